The molecule has 3 aliphatic rings. The molecule has 3 aliphatic carbocycles. The van der Waals surface area contributed by atoms with E-state index < -0.39 is 11.6 Å². The van der Waals surface area contributed by atoms with Crippen molar-refractivity contribution >= 4 is 0 Å². The van der Waals surface area contributed by atoms with Gasteiger partial charge in [-0.25, -0.2) is 13.2 Å². The van der Waals surface area contributed by atoms with Crippen LogP contribution < -0.4 is 0 Å². The predicted molar refractivity (Wildman–Crippen MR) is 129 cm³/mol. The lowest BCUT2D eigenvalue weighted by atomic mass is 9.67. The summed E-state index contributed by atoms with van der Waals surface area (Å²) in [5, 5.41) is 9.74. The summed E-state index contributed by atoms with van der Waals surface area (Å²) >= 11 is 0. The van der Waals surface area contributed by atoms with Crippen LogP contribution in [0.3, 0.4) is 0 Å². The van der Waals surface area contributed by atoms with Gasteiger partial charge < -0.3 is 5.11 Å². The van der Waals surface area contributed by atoms with Gasteiger partial charge in [0.15, 0.2) is 11.6 Å². The van der Waals surface area contributed by atoms with E-state index in [2.05, 4.69) is 6.07 Å². The van der Waals surface area contributed by atoms with Gasteiger partial charge in [-0.15, -0.1) is 0 Å². The highest BCUT2D eigenvalue weighted by molar-refractivity contribution is 5.30. The molecule has 2 aromatic rings. The van der Waals surface area contributed by atoms with Crippen LogP contribution in [-0.4, -0.2) is 11.2 Å². The molecule has 0 aromatic heterocycles. The van der Waals surface area contributed by atoms with Crippen molar-refractivity contribution in [3.63, 3.8) is 0 Å². The Labute approximate surface area is 201 Å². The molecule has 0 amide bonds. The normalized spacial score (nSPS) is 32.5. The highest BCUT2D eigenvalue weighted by Gasteiger charge is 2.33. The molecule has 0 aliphatic heterocycles. The van der Waals surface area contributed by atoms with Crippen molar-refractivity contribution in [2.24, 2.45) is 11.8 Å². The van der Waals surface area contributed by atoms with E-state index in [-0.39, 0.29) is 11.9 Å². The van der Waals surface area contributed by atoms with Crippen LogP contribution in [0, 0.1) is 29.3 Å². The lowest BCUT2D eigenvalue weighted by Gasteiger charge is -2.38. The number of rotatable bonds is 4. The van der Waals surface area contributed by atoms with Gasteiger partial charge in [0.2, 0.25) is 0 Å². The third-order valence-electron chi connectivity index (χ3n) is 9.26. The summed E-state index contributed by atoms with van der Waals surface area (Å²) in [7, 11) is 0. The Kier molecular flexibility index (Phi) is 7.34. The van der Waals surface area contributed by atoms with Crippen LogP contribution >= 0.6 is 0 Å². The molecule has 184 valence electrons. The first-order valence-electron chi connectivity index (χ1n) is 13.4. The molecule has 1 N–H and O–H groups in total. The number of aliphatic hydroxyl groups excluding tert-OH is 1. The first-order valence-corrected chi connectivity index (χ1v) is 13.4. The third kappa shape index (κ3) is 5.22. The number of hydrogen-bond donors (Lipinski definition) is 1. The Morgan fingerprint density at radius 3 is 1.50 bits per heavy atom. The van der Waals surface area contributed by atoms with E-state index >= 15 is 4.39 Å². The zero-order valence-corrected chi connectivity index (χ0v) is 20.0. The SMILES string of the molecule is OC1CCC(c2ccc(C3CCC(C4CCC(c5ccc(F)c(F)c5)CC4)CC3)c(F)c2)CC1. The van der Waals surface area contributed by atoms with Crippen LogP contribution in [0.5, 0.6) is 0 Å². The molecule has 0 bridgehead atoms. The highest BCUT2D eigenvalue weighted by atomic mass is 19.2. The summed E-state index contributed by atoms with van der Waals surface area (Å²) in [5.41, 5.74) is 2.92. The Morgan fingerprint density at radius 2 is 0.971 bits per heavy atom. The van der Waals surface area contributed by atoms with Crippen LogP contribution in [0.25, 0.3) is 0 Å². The molecule has 3 fully saturated rings. The van der Waals surface area contributed by atoms with Gasteiger partial charge in [0, 0.05) is 0 Å². The van der Waals surface area contributed by atoms with Crippen LogP contribution in [0.1, 0.15) is 111 Å². The lowest BCUT2D eigenvalue weighted by Crippen LogP contribution is -2.25. The zero-order valence-electron chi connectivity index (χ0n) is 20.0. The highest BCUT2D eigenvalue weighted by Crippen LogP contribution is 2.46. The summed E-state index contributed by atoms with van der Waals surface area (Å²) < 4.78 is 42.0. The fourth-order valence-corrected chi connectivity index (χ4v) is 7.13. The van der Waals surface area contributed by atoms with Gasteiger partial charge in [0.1, 0.15) is 5.82 Å². The topological polar surface area (TPSA) is 20.2 Å². The van der Waals surface area contributed by atoms with Crippen molar-refractivity contribution in [2.75, 3.05) is 0 Å². The average Bonchev–Trinajstić information content (AvgIpc) is 2.86. The molecular weight excluding hydrogens is 433 g/mol. The maximum atomic E-state index is 15.1. The van der Waals surface area contributed by atoms with Crippen LogP contribution in [0.2, 0.25) is 0 Å². The summed E-state index contributed by atoms with van der Waals surface area (Å²) in [6.07, 6.45) is 12.2. The maximum Gasteiger partial charge on any atom is 0.159 e. The van der Waals surface area contributed by atoms with Crippen molar-refractivity contribution < 1.29 is 18.3 Å². The van der Waals surface area contributed by atoms with E-state index in [1.54, 1.807) is 12.1 Å². The first kappa shape index (κ1) is 23.9. The Morgan fingerprint density at radius 1 is 0.500 bits per heavy atom. The van der Waals surface area contributed by atoms with Gasteiger partial charge in [-0.3, -0.25) is 0 Å². The van der Waals surface area contributed by atoms with Crippen molar-refractivity contribution in [3.05, 3.63) is 70.5 Å². The monoisotopic (exact) mass is 470 g/mol. The molecule has 5 rings (SSSR count). The second-order valence-corrected chi connectivity index (χ2v) is 11.2. The van der Waals surface area contributed by atoms with Gasteiger partial charge in [-0.2, -0.15) is 0 Å². The molecule has 34 heavy (non-hydrogen) atoms. The number of benzene rings is 2. The minimum absolute atomic E-state index is 0.0425. The fourth-order valence-electron chi connectivity index (χ4n) is 7.13. The van der Waals surface area contributed by atoms with Crippen LogP contribution in [0.15, 0.2) is 36.4 Å². The molecule has 0 spiro atoms. The predicted octanol–water partition coefficient (Wildman–Crippen LogP) is 8.37. The minimum atomic E-state index is -0.769. The van der Waals surface area contributed by atoms with Gasteiger partial charge in [0.05, 0.1) is 6.10 Å². The van der Waals surface area contributed by atoms with Crippen molar-refractivity contribution in [3.8, 4) is 0 Å². The number of halogens is 3. The van der Waals surface area contributed by atoms with E-state index in [9.17, 15) is 13.9 Å². The van der Waals surface area contributed by atoms with Crippen molar-refractivity contribution in [1.29, 1.82) is 0 Å². The van der Waals surface area contributed by atoms with Gasteiger partial charge >= 0.3 is 0 Å². The molecule has 1 nitrogen and oxygen atoms in total. The molecule has 3 saturated carbocycles. The molecule has 0 heterocycles. The van der Waals surface area contributed by atoms with Crippen molar-refractivity contribution in [1.82, 2.24) is 0 Å². The molecule has 0 saturated heterocycles. The van der Waals surface area contributed by atoms with E-state index in [0.717, 1.165) is 93.7 Å². The van der Waals surface area contributed by atoms with E-state index in [1.165, 1.54) is 12.1 Å². The third-order valence-corrected chi connectivity index (χ3v) is 9.26. The second kappa shape index (κ2) is 10.4. The summed E-state index contributed by atoms with van der Waals surface area (Å²) in [6, 6.07) is 10.3. The average molecular weight is 471 g/mol. The van der Waals surface area contributed by atoms with Gasteiger partial charge in [-0.05, 0) is 142 Å². The fraction of sp³-hybridized carbons (Fsp3) is 0.600. The molecule has 4 heteroatoms. The molecular formula is C30H37F3O. The zero-order chi connectivity index (χ0) is 23.7. The minimum Gasteiger partial charge on any atom is -0.393 e. The smallest absolute Gasteiger partial charge is 0.159 e. The van der Waals surface area contributed by atoms with Crippen LogP contribution in [-0.2, 0) is 0 Å². The summed E-state index contributed by atoms with van der Waals surface area (Å²) in [5.74, 6) is 0.891. The summed E-state index contributed by atoms with van der Waals surface area (Å²) in [4.78, 5) is 0. The molecule has 0 atom stereocenters. The largest absolute Gasteiger partial charge is 0.393 e. The standard InChI is InChI=1S/C30H37F3O/c31-28-16-12-25(18-30(28)33)21-3-1-19(2-4-21)20-5-7-23(8-6-20)27-15-11-24(17-29(27)32)22-9-13-26(34)14-10-22/h11-12,15-23,26,34H,1-10,13-14H2. The van der Waals surface area contributed by atoms with E-state index in [4.69, 9.17) is 0 Å². The Balaban J connectivity index is 1.13. The first-order chi connectivity index (χ1) is 16.5. The van der Waals surface area contributed by atoms with E-state index in [1.807, 2.05) is 6.07 Å². The Bertz CT molecular complexity index is 965. The quantitative estimate of drug-likeness (QED) is 0.476. The molecule has 2 aromatic carbocycles. The molecule has 0 radical (unpaired) electrons. The van der Waals surface area contributed by atoms with E-state index in [0.29, 0.717) is 29.6 Å². The lowest BCUT2D eigenvalue weighted by molar-refractivity contribution is 0.122. The summed E-state index contributed by atoms with van der Waals surface area (Å²) in [6.45, 7) is 0. The second-order valence-electron chi connectivity index (χ2n) is 11.2. The van der Waals surface area contributed by atoms with Gasteiger partial charge in [-0.1, -0.05) is 18.2 Å². The van der Waals surface area contributed by atoms with Crippen LogP contribution in [0.4, 0.5) is 13.2 Å². The number of hydrogen-bond acceptors (Lipinski definition) is 1. The van der Waals surface area contributed by atoms with Gasteiger partial charge in [0.25, 0.3) is 0 Å². The maximum absolute atomic E-state index is 15.1. The number of aliphatic hydroxyl groups is 1. The Hall–Kier alpha value is -1.81. The molecule has 0 unspecified atom stereocenters. The van der Waals surface area contributed by atoms with Crippen molar-refractivity contribution in [2.45, 2.75) is 101 Å².